The molecular weight excluding hydrogens is 392 g/mol. The van der Waals surface area contributed by atoms with E-state index in [1.807, 2.05) is 6.07 Å². The lowest BCUT2D eigenvalue weighted by Gasteiger charge is -2.23. The van der Waals surface area contributed by atoms with Crippen molar-refractivity contribution in [1.29, 1.82) is 5.26 Å². The number of carboxylic acids is 1. The highest BCUT2D eigenvalue weighted by Crippen LogP contribution is 2.18. The molecule has 0 aliphatic carbocycles. The van der Waals surface area contributed by atoms with Crippen LogP contribution in [0.1, 0.15) is 37.5 Å². The number of carbonyl (C=O) groups is 2. The van der Waals surface area contributed by atoms with Gasteiger partial charge >= 0.3 is 5.97 Å². The van der Waals surface area contributed by atoms with Crippen LogP contribution in [0.2, 0.25) is 0 Å². The normalized spacial score (nSPS) is 10.3. The first-order valence-electron chi connectivity index (χ1n) is 8.79. The van der Waals surface area contributed by atoms with Gasteiger partial charge in [-0.05, 0) is 35.4 Å². The Bertz CT molecular complexity index is 1120. The van der Waals surface area contributed by atoms with Gasteiger partial charge < -0.3 is 10.0 Å². The van der Waals surface area contributed by atoms with Crippen molar-refractivity contribution in [2.75, 3.05) is 0 Å². The quantitative estimate of drug-likeness (QED) is 0.671. The van der Waals surface area contributed by atoms with Crippen LogP contribution in [0.4, 0.5) is 8.78 Å². The molecule has 0 aliphatic rings. The van der Waals surface area contributed by atoms with Crippen molar-refractivity contribution in [3.63, 3.8) is 0 Å². The van der Waals surface area contributed by atoms with Crippen molar-refractivity contribution >= 4 is 11.9 Å². The first-order valence-corrected chi connectivity index (χ1v) is 8.79. The molecule has 1 aromatic heterocycles. The van der Waals surface area contributed by atoms with Gasteiger partial charge in [-0.1, -0.05) is 24.3 Å². The van der Waals surface area contributed by atoms with Crippen LogP contribution in [0.5, 0.6) is 0 Å². The van der Waals surface area contributed by atoms with E-state index in [-0.39, 0.29) is 24.3 Å². The summed E-state index contributed by atoms with van der Waals surface area (Å²) in [6, 6.07) is 14.0. The molecule has 6 nitrogen and oxygen atoms in total. The van der Waals surface area contributed by atoms with E-state index < -0.39 is 23.5 Å². The fourth-order valence-corrected chi connectivity index (χ4v) is 2.90. The zero-order valence-corrected chi connectivity index (χ0v) is 15.5. The maximum absolute atomic E-state index is 13.6. The maximum Gasteiger partial charge on any atom is 0.354 e. The summed E-state index contributed by atoms with van der Waals surface area (Å²) >= 11 is 0. The largest absolute Gasteiger partial charge is 0.477 e. The van der Waals surface area contributed by atoms with Gasteiger partial charge in [-0.2, -0.15) is 5.26 Å². The Morgan fingerprint density at radius 3 is 2.33 bits per heavy atom. The van der Waals surface area contributed by atoms with E-state index in [1.165, 1.54) is 23.2 Å². The van der Waals surface area contributed by atoms with E-state index in [0.29, 0.717) is 22.8 Å². The highest BCUT2D eigenvalue weighted by Gasteiger charge is 2.20. The molecule has 0 atom stereocenters. The summed E-state index contributed by atoms with van der Waals surface area (Å²) in [7, 11) is 0. The molecule has 1 N–H and O–H groups in total. The van der Waals surface area contributed by atoms with E-state index in [2.05, 4.69) is 4.98 Å². The lowest BCUT2D eigenvalue weighted by molar-refractivity contribution is 0.0687. The summed E-state index contributed by atoms with van der Waals surface area (Å²) < 4.78 is 27.2. The number of nitrogens with zero attached hydrogens (tertiary/aromatic N) is 3. The van der Waals surface area contributed by atoms with Crippen molar-refractivity contribution in [2.24, 2.45) is 0 Å². The standard InChI is InChI=1S/C22H15F2N3O3/c23-18-7-17(8-19(24)9-18)21(28)27(13-16-4-2-1-3-15(16)10-25)12-14-5-6-20(22(29)30)26-11-14/h1-9,11H,12-13H2,(H,29,30). The summed E-state index contributed by atoms with van der Waals surface area (Å²) in [5.74, 6) is -3.61. The maximum atomic E-state index is 13.6. The Morgan fingerprint density at radius 1 is 1.03 bits per heavy atom. The summed E-state index contributed by atoms with van der Waals surface area (Å²) in [5.41, 5.74) is 1.09. The van der Waals surface area contributed by atoms with Gasteiger partial charge in [0.1, 0.15) is 17.3 Å². The number of carboxylic acid groups (broad SMARTS) is 1. The molecule has 0 fully saturated rings. The number of halogens is 2. The summed E-state index contributed by atoms with van der Waals surface area (Å²) in [6.07, 6.45) is 1.31. The van der Waals surface area contributed by atoms with Crippen LogP contribution >= 0.6 is 0 Å². The Hall–Kier alpha value is -4.12. The Kier molecular flexibility index (Phi) is 6.13. The number of hydrogen-bond acceptors (Lipinski definition) is 4. The van der Waals surface area contributed by atoms with E-state index in [9.17, 15) is 23.6 Å². The summed E-state index contributed by atoms with van der Waals surface area (Å²) in [6.45, 7) is -0.00892. The zero-order chi connectivity index (χ0) is 21.7. The van der Waals surface area contributed by atoms with Crippen LogP contribution in [0, 0.1) is 23.0 Å². The molecule has 0 saturated heterocycles. The van der Waals surface area contributed by atoms with Crippen molar-refractivity contribution in [1.82, 2.24) is 9.88 Å². The number of aromatic nitrogens is 1. The third-order valence-electron chi connectivity index (χ3n) is 4.31. The number of amides is 1. The minimum Gasteiger partial charge on any atom is -0.477 e. The molecule has 0 bridgehead atoms. The second-order valence-corrected chi connectivity index (χ2v) is 6.45. The SMILES string of the molecule is N#Cc1ccccc1CN(Cc1ccc(C(=O)O)nc1)C(=O)c1cc(F)cc(F)c1. The predicted octanol–water partition coefficient (Wildman–Crippen LogP) is 3.77. The fraction of sp³-hybridized carbons (Fsp3) is 0.0909. The van der Waals surface area contributed by atoms with E-state index in [1.54, 1.807) is 24.3 Å². The van der Waals surface area contributed by atoms with E-state index in [4.69, 9.17) is 5.11 Å². The topological polar surface area (TPSA) is 94.3 Å². The number of nitriles is 1. The minimum atomic E-state index is -1.19. The highest BCUT2D eigenvalue weighted by molar-refractivity contribution is 5.94. The molecule has 0 unspecified atom stereocenters. The third-order valence-corrected chi connectivity index (χ3v) is 4.31. The third kappa shape index (κ3) is 4.83. The van der Waals surface area contributed by atoms with Crippen molar-refractivity contribution in [3.8, 4) is 6.07 Å². The van der Waals surface area contributed by atoms with E-state index in [0.717, 1.165) is 12.1 Å². The predicted molar refractivity (Wildman–Crippen MR) is 102 cm³/mol. The van der Waals surface area contributed by atoms with Crippen LogP contribution in [-0.2, 0) is 13.1 Å². The monoisotopic (exact) mass is 407 g/mol. The van der Waals surface area contributed by atoms with Gasteiger partial charge in [0.05, 0.1) is 11.6 Å². The molecule has 150 valence electrons. The molecule has 1 amide bonds. The van der Waals surface area contributed by atoms with Crippen LogP contribution < -0.4 is 0 Å². The zero-order valence-electron chi connectivity index (χ0n) is 15.5. The summed E-state index contributed by atoms with van der Waals surface area (Å²) in [5, 5.41) is 18.3. The van der Waals surface area contributed by atoms with Gasteiger partial charge in [0.25, 0.3) is 5.91 Å². The second-order valence-electron chi connectivity index (χ2n) is 6.45. The average Bonchev–Trinajstić information content (AvgIpc) is 2.72. The molecule has 3 rings (SSSR count). The highest BCUT2D eigenvalue weighted by atomic mass is 19.1. The van der Waals surface area contributed by atoms with Crippen molar-refractivity contribution in [2.45, 2.75) is 13.1 Å². The van der Waals surface area contributed by atoms with Gasteiger partial charge in [0.15, 0.2) is 0 Å². The summed E-state index contributed by atoms with van der Waals surface area (Å²) in [4.78, 5) is 29.1. The molecule has 0 saturated carbocycles. The first kappa shape index (κ1) is 20.6. The number of carbonyl (C=O) groups excluding carboxylic acids is 1. The van der Waals surface area contributed by atoms with Crippen LogP contribution in [0.25, 0.3) is 0 Å². The van der Waals surface area contributed by atoms with Gasteiger partial charge in [0, 0.05) is 30.9 Å². The Morgan fingerprint density at radius 2 is 1.73 bits per heavy atom. The number of hydrogen-bond donors (Lipinski definition) is 1. The molecular formula is C22H15F2N3O3. The van der Waals surface area contributed by atoms with Crippen LogP contribution in [0.3, 0.4) is 0 Å². The molecule has 2 aromatic carbocycles. The van der Waals surface area contributed by atoms with Crippen LogP contribution in [0.15, 0.2) is 60.8 Å². The van der Waals surface area contributed by atoms with Gasteiger partial charge in [0.2, 0.25) is 0 Å². The second kappa shape index (κ2) is 8.92. The van der Waals surface area contributed by atoms with Crippen molar-refractivity contribution < 1.29 is 23.5 Å². The number of rotatable bonds is 6. The van der Waals surface area contributed by atoms with Gasteiger partial charge in [-0.15, -0.1) is 0 Å². The van der Waals surface area contributed by atoms with Crippen molar-refractivity contribution in [3.05, 3.63) is 100 Å². The van der Waals surface area contributed by atoms with Gasteiger partial charge in [-0.3, -0.25) is 4.79 Å². The Balaban J connectivity index is 1.96. The smallest absolute Gasteiger partial charge is 0.354 e. The van der Waals surface area contributed by atoms with Crippen LogP contribution in [-0.4, -0.2) is 26.9 Å². The number of aromatic carboxylic acids is 1. The number of pyridine rings is 1. The molecule has 0 aliphatic heterocycles. The molecule has 0 radical (unpaired) electrons. The van der Waals surface area contributed by atoms with E-state index >= 15 is 0 Å². The lowest BCUT2D eigenvalue weighted by Crippen LogP contribution is -2.30. The number of benzene rings is 2. The molecule has 8 heteroatoms. The average molecular weight is 407 g/mol. The molecule has 0 spiro atoms. The van der Waals surface area contributed by atoms with Gasteiger partial charge in [-0.25, -0.2) is 18.6 Å². The first-order chi connectivity index (χ1) is 14.4. The molecule has 3 aromatic rings. The lowest BCUT2D eigenvalue weighted by atomic mass is 10.1. The minimum absolute atomic E-state index is 0.00137. The fourth-order valence-electron chi connectivity index (χ4n) is 2.90. The molecule has 30 heavy (non-hydrogen) atoms. The molecule has 1 heterocycles. The Labute approximate surface area is 170 Å².